The smallest absolute Gasteiger partial charge is 0.267 e. The van der Waals surface area contributed by atoms with Gasteiger partial charge in [-0.1, -0.05) is 0 Å². The zero-order chi connectivity index (χ0) is 16.5. The molecule has 0 saturated carbocycles. The third-order valence-corrected chi connectivity index (χ3v) is 5.06. The molecule has 1 unspecified atom stereocenters. The average Bonchev–Trinajstić information content (AvgIpc) is 3.04. The van der Waals surface area contributed by atoms with Gasteiger partial charge in [-0.15, -0.1) is 0 Å². The number of aryl methyl sites for hydroxylation is 3. The minimum Gasteiger partial charge on any atom is -0.336 e. The normalized spacial score (nSPS) is 20.2. The maximum Gasteiger partial charge on any atom is 0.267 e. The molecular weight excluding hydrogens is 302 g/mol. The SMILES string of the molecule is Cc1cnc(N2CCCC2Cn2nc3c(cc2=O)CCCC3)nc1. The van der Waals surface area contributed by atoms with E-state index in [0.717, 1.165) is 55.0 Å². The van der Waals surface area contributed by atoms with Crippen LogP contribution in [-0.2, 0) is 19.4 Å². The summed E-state index contributed by atoms with van der Waals surface area (Å²) in [7, 11) is 0. The first-order valence-electron chi connectivity index (χ1n) is 8.86. The molecule has 2 aromatic heterocycles. The lowest BCUT2D eigenvalue weighted by molar-refractivity contribution is 0.470. The minimum atomic E-state index is 0.0207. The summed E-state index contributed by atoms with van der Waals surface area (Å²) in [4.78, 5) is 23.5. The van der Waals surface area contributed by atoms with Crippen molar-refractivity contribution < 1.29 is 0 Å². The van der Waals surface area contributed by atoms with Crippen LogP contribution >= 0.6 is 0 Å². The Morgan fingerprint density at radius 1 is 1.17 bits per heavy atom. The molecule has 0 spiro atoms. The third-order valence-electron chi connectivity index (χ3n) is 5.06. The Bertz CT molecular complexity index is 783. The van der Waals surface area contributed by atoms with Crippen LogP contribution in [0.3, 0.4) is 0 Å². The highest BCUT2D eigenvalue weighted by Gasteiger charge is 2.28. The first kappa shape index (κ1) is 15.3. The quantitative estimate of drug-likeness (QED) is 0.862. The minimum absolute atomic E-state index is 0.0207. The molecule has 3 heterocycles. The van der Waals surface area contributed by atoms with Crippen molar-refractivity contribution in [2.45, 2.75) is 58.0 Å². The monoisotopic (exact) mass is 325 g/mol. The number of nitrogens with zero attached hydrogens (tertiary/aromatic N) is 5. The van der Waals surface area contributed by atoms with E-state index in [0.29, 0.717) is 6.54 Å². The zero-order valence-electron chi connectivity index (χ0n) is 14.1. The fourth-order valence-corrected chi connectivity index (χ4v) is 3.75. The predicted molar refractivity (Wildman–Crippen MR) is 92.3 cm³/mol. The van der Waals surface area contributed by atoms with Crippen LogP contribution in [0.4, 0.5) is 5.95 Å². The highest BCUT2D eigenvalue weighted by atomic mass is 16.1. The summed E-state index contributed by atoms with van der Waals surface area (Å²) in [6, 6.07) is 2.03. The van der Waals surface area contributed by atoms with Gasteiger partial charge < -0.3 is 4.90 Å². The van der Waals surface area contributed by atoms with Crippen LogP contribution in [0.5, 0.6) is 0 Å². The standard InChI is InChI=1S/C18H23N5O/c1-13-10-19-18(20-11-13)22-8-4-6-15(22)12-23-17(24)9-14-5-2-3-7-16(14)21-23/h9-11,15H,2-8,12H2,1H3. The summed E-state index contributed by atoms with van der Waals surface area (Å²) in [5.41, 5.74) is 3.33. The molecule has 2 aliphatic rings. The highest BCUT2D eigenvalue weighted by Crippen LogP contribution is 2.23. The van der Waals surface area contributed by atoms with E-state index >= 15 is 0 Å². The summed E-state index contributed by atoms with van der Waals surface area (Å²) in [5.74, 6) is 0.758. The molecule has 24 heavy (non-hydrogen) atoms. The first-order chi connectivity index (χ1) is 11.7. The lowest BCUT2D eigenvalue weighted by Crippen LogP contribution is -2.38. The molecule has 1 aliphatic heterocycles. The van der Waals surface area contributed by atoms with Crippen molar-refractivity contribution in [3.8, 4) is 0 Å². The lowest BCUT2D eigenvalue weighted by Gasteiger charge is -2.25. The number of fused-ring (bicyclic) bond motifs is 1. The molecule has 1 fully saturated rings. The summed E-state index contributed by atoms with van der Waals surface area (Å²) in [5, 5.41) is 4.66. The Morgan fingerprint density at radius 3 is 2.79 bits per heavy atom. The van der Waals surface area contributed by atoms with E-state index in [1.54, 1.807) is 10.7 Å². The number of aromatic nitrogens is 4. The topological polar surface area (TPSA) is 63.9 Å². The third kappa shape index (κ3) is 2.92. The number of hydrogen-bond donors (Lipinski definition) is 0. The molecule has 0 radical (unpaired) electrons. The van der Waals surface area contributed by atoms with Gasteiger partial charge in [-0.25, -0.2) is 14.6 Å². The highest BCUT2D eigenvalue weighted by molar-refractivity contribution is 5.33. The molecule has 0 N–H and O–H groups in total. The van der Waals surface area contributed by atoms with Crippen molar-refractivity contribution in [1.29, 1.82) is 0 Å². The van der Waals surface area contributed by atoms with Gasteiger partial charge in [0.2, 0.25) is 5.95 Å². The molecule has 0 bridgehead atoms. The molecular formula is C18H23N5O. The van der Waals surface area contributed by atoms with Gasteiger partial charge in [0.15, 0.2) is 0 Å². The Hall–Kier alpha value is -2.24. The van der Waals surface area contributed by atoms with Gasteiger partial charge in [-0.2, -0.15) is 5.10 Å². The summed E-state index contributed by atoms with van der Waals surface area (Å²) in [6.45, 7) is 3.54. The van der Waals surface area contributed by atoms with E-state index < -0.39 is 0 Å². The van der Waals surface area contributed by atoms with E-state index in [4.69, 9.17) is 0 Å². The van der Waals surface area contributed by atoms with E-state index in [1.165, 1.54) is 12.8 Å². The Balaban J connectivity index is 1.58. The number of hydrogen-bond acceptors (Lipinski definition) is 5. The largest absolute Gasteiger partial charge is 0.336 e. The van der Waals surface area contributed by atoms with Gasteiger partial charge >= 0.3 is 0 Å². The molecule has 126 valence electrons. The van der Waals surface area contributed by atoms with Gasteiger partial charge in [0, 0.05) is 25.0 Å². The summed E-state index contributed by atoms with van der Waals surface area (Å²) >= 11 is 0. The Labute approximate surface area is 141 Å². The van der Waals surface area contributed by atoms with Gasteiger partial charge in [-0.3, -0.25) is 4.79 Å². The Morgan fingerprint density at radius 2 is 1.96 bits per heavy atom. The fourth-order valence-electron chi connectivity index (χ4n) is 3.75. The molecule has 0 aromatic carbocycles. The van der Waals surface area contributed by atoms with E-state index in [9.17, 15) is 4.79 Å². The number of anilines is 1. The van der Waals surface area contributed by atoms with Gasteiger partial charge in [0.1, 0.15) is 0 Å². The van der Waals surface area contributed by atoms with Gasteiger partial charge in [-0.05, 0) is 56.6 Å². The fraction of sp³-hybridized carbons (Fsp3) is 0.556. The van der Waals surface area contributed by atoms with Crippen LogP contribution in [0.1, 0.15) is 42.5 Å². The zero-order valence-corrected chi connectivity index (χ0v) is 14.1. The second-order valence-electron chi connectivity index (χ2n) is 6.89. The van der Waals surface area contributed by atoms with Crippen molar-refractivity contribution in [3.63, 3.8) is 0 Å². The molecule has 1 aliphatic carbocycles. The average molecular weight is 325 g/mol. The molecule has 4 rings (SSSR count). The molecule has 1 atom stereocenters. The van der Waals surface area contributed by atoms with Gasteiger partial charge in [0.05, 0.1) is 18.3 Å². The maximum absolute atomic E-state index is 12.4. The molecule has 2 aromatic rings. The van der Waals surface area contributed by atoms with Crippen molar-refractivity contribution >= 4 is 5.95 Å². The summed E-state index contributed by atoms with van der Waals surface area (Å²) in [6.07, 6.45) is 10.2. The van der Waals surface area contributed by atoms with Crippen molar-refractivity contribution in [2.24, 2.45) is 0 Å². The van der Waals surface area contributed by atoms with Crippen LogP contribution in [-0.4, -0.2) is 32.3 Å². The predicted octanol–water partition coefficient (Wildman–Crippen LogP) is 1.89. The van der Waals surface area contributed by atoms with Crippen molar-refractivity contribution in [3.05, 3.63) is 45.6 Å². The maximum atomic E-state index is 12.4. The van der Waals surface area contributed by atoms with Crippen LogP contribution in [0, 0.1) is 6.92 Å². The molecule has 0 amide bonds. The first-order valence-corrected chi connectivity index (χ1v) is 8.86. The molecule has 6 heteroatoms. The molecule has 1 saturated heterocycles. The van der Waals surface area contributed by atoms with E-state index in [1.807, 2.05) is 19.3 Å². The van der Waals surface area contributed by atoms with Crippen LogP contribution in [0.2, 0.25) is 0 Å². The summed E-state index contributed by atoms with van der Waals surface area (Å²) < 4.78 is 1.65. The van der Waals surface area contributed by atoms with Gasteiger partial charge in [0.25, 0.3) is 5.56 Å². The van der Waals surface area contributed by atoms with E-state index in [2.05, 4.69) is 20.0 Å². The van der Waals surface area contributed by atoms with Crippen LogP contribution in [0.15, 0.2) is 23.3 Å². The van der Waals surface area contributed by atoms with E-state index in [-0.39, 0.29) is 11.6 Å². The van der Waals surface area contributed by atoms with Crippen LogP contribution in [0.25, 0.3) is 0 Å². The second kappa shape index (κ2) is 6.34. The number of rotatable bonds is 3. The van der Waals surface area contributed by atoms with Crippen LogP contribution < -0.4 is 10.5 Å². The Kier molecular flexibility index (Phi) is 4.04. The van der Waals surface area contributed by atoms with Crippen molar-refractivity contribution in [1.82, 2.24) is 19.7 Å². The second-order valence-corrected chi connectivity index (χ2v) is 6.89. The molecule has 6 nitrogen and oxygen atoms in total. The lowest BCUT2D eigenvalue weighted by atomic mass is 9.97. The van der Waals surface area contributed by atoms with Crippen molar-refractivity contribution in [2.75, 3.05) is 11.4 Å².